The van der Waals surface area contributed by atoms with Crippen molar-refractivity contribution in [2.75, 3.05) is 32.0 Å². The van der Waals surface area contributed by atoms with Gasteiger partial charge in [-0.15, -0.1) is 11.3 Å². The first-order valence-corrected chi connectivity index (χ1v) is 9.83. The van der Waals surface area contributed by atoms with Gasteiger partial charge in [0.05, 0.1) is 13.0 Å². The van der Waals surface area contributed by atoms with Gasteiger partial charge in [-0.1, -0.05) is 6.07 Å². The summed E-state index contributed by atoms with van der Waals surface area (Å²) in [5.74, 6) is 0.902. The SMILES string of the molecule is CNCC(=O)N1CCC(c2cccc(Nc3ncc(CC(F)(F)F)s3)n2)CC1. The number of amides is 1. The fraction of sp³-hybridized carbons (Fsp3) is 0.500. The number of carbonyl (C=O) groups is 1. The van der Waals surface area contributed by atoms with Crippen molar-refractivity contribution in [3.63, 3.8) is 0 Å². The van der Waals surface area contributed by atoms with Crippen LogP contribution >= 0.6 is 11.3 Å². The van der Waals surface area contributed by atoms with Crippen molar-refractivity contribution in [1.82, 2.24) is 20.2 Å². The maximum atomic E-state index is 12.5. The molecule has 0 radical (unpaired) electrons. The van der Waals surface area contributed by atoms with E-state index in [9.17, 15) is 18.0 Å². The van der Waals surface area contributed by atoms with Gasteiger partial charge in [-0.25, -0.2) is 9.97 Å². The first kappa shape index (κ1) is 20.5. The second-order valence-corrected chi connectivity index (χ2v) is 7.80. The molecule has 1 fully saturated rings. The maximum Gasteiger partial charge on any atom is 0.393 e. The molecular weight excluding hydrogens is 391 g/mol. The quantitative estimate of drug-likeness (QED) is 0.760. The van der Waals surface area contributed by atoms with Gasteiger partial charge < -0.3 is 15.5 Å². The minimum atomic E-state index is -4.24. The van der Waals surface area contributed by atoms with Gasteiger partial charge in [0.1, 0.15) is 5.82 Å². The predicted octanol–water partition coefficient (Wildman–Crippen LogP) is 3.31. The van der Waals surface area contributed by atoms with Crippen LogP contribution in [0.5, 0.6) is 0 Å². The molecule has 6 nitrogen and oxygen atoms in total. The Morgan fingerprint density at radius 3 is 2.75 bits per heavy atom. The van der Waals surface area contributed by atoms with Crippen molar-refractivity contribution >= 4 is 28.2 Å². The second kappa shape index (κ2) is 8.87. The lowest BCUT2D eigenvalue weighted by atomic mass is 9.93. The summed E-state index contributed by atoms with van der Waals surface area (Å²) in [6, 6.07) is 5.57. The van der Waals surface area contributed by atoms with E-state index in [1.165, 1.54) is 6.20 Å². The number of nitrogens with zero attached hydrogens (tertiary/aromatic N) is 3. The highest BCUT2D eigenvalue weighted by Crippen LogP contribution is 2.30. The minimum absolute atomic E-state index is 0.0998. The molecule has 0 bridgehead atoms. The van der Waals surface area contributed by atoms with Gasteiger partial charge in [0.15, 0.2) is 5.13 Å². The molecule has 1 amide bonds. The number of piperidine rings is 1. The second-order valence-electron chi connectivity index (χ2n) is 6.68. The van der Waals surface area contributed by atoms with Gasteiger partial charge in [0.2, 0.25) is 5.91 Å². The van der Waals surface area contributed by atoms with Gasteiger partial charge in [-0.2, -0.15) is 13.2 Å². The number of rotatable bonds is 6. The number of thiazole rings is 1. The number of alkyl halides is 3. The lowest BCUT2D eigenvalue weighted by Gasteiger charge is -2.31. The van der Waals surface area contributed by atoms with Gasteiger partial charge in [-0.05, 0) is 32.0 Å². The molecule has 0 aromatic carbocycles. The van der Waals surface area contributed by atoms with Crippen molar-refractivity contribution < 1.29 is 18.0 Å². The van der Waals surface area contributed by atoms with Crippen LogP contribution < -0.4 is 10.6 Å². The molecule has 0 spiro atoms. The molecule has 28 heavy (non-hydrogen) atoms. The van der Waals surface area contributed by atoms with E-state index in [2.05, 4.69) is 20.6 Å². The van der Waals surface area contributed by atoms with E-state index in [0.717, 1.165) is 29.9 Å². The number of halogens is 3. The molecule has 10 heteroatoms. The highest BCUT2D eigenvalue weighted by Gasteiger charge is 2.29. The van der Waals surface area contributed by atoms with Crippen molar-refractivity contribution in [3.05, 3.63) is 35.0 Å². The van der Waals surface area contributed by atoms with Gasteiger partial charge in [0.25, 0.3) is 0 Å². The first-order valence-electron chi connectivity index (χ1n) is 9.02. The zero-order valence-corrected chi connectivity index (χ0v) is 16.2. The molecule has 1 aliphatic rings. The molecule has 2 aromatic rings. The third-order valence-corrected chi connectivity index (χ3v) is 5.44. The topological polar surface area (TPSA) is 70.2 Å². The molecule has 3 rings (SSSR count). The van der Waals surface area contributed by atoms with Crippen molar-refractivity contribution in [1.29, 1.82) is 0 Å². The van der Waals surface area contributed by atoms with Crippen LogP contribution in [0.4, 0.5) is 24.1 Å². The Bertz CT molecular complexity index is 803. The van der Waals surface area contributed by atoms with Crippen molar-refractivity contribution in [2.24, 2.45) is 0 Å². The van der Waals surface area contributed by atoms with Crippen molar-refractivity contribution in [2.45, 2.75) is 31.4 Å². The Morgan fingerprint density at radius 2 is 2.07 bits per heavy atom. The Morgan fingerprint density at radius 1 is 1.32 bits per heavy atom. The van der Waals surface area contributed by atoms with Crippen molar-refractivity contribution in [3.8, 4) is 0 Å². The van der Waals surface area contributed by atoms with Crippen LogP contribution in [-0.4, -0.2) is 53.6 Å². The monoisotopic (exact) mass is 413 g/mol. The number of anilines is 2. The Kier molecular flexibility index (Phi) is 6.50. The maximum absolute atomic E-state index is 12.5. The molecular formula is C18H22F3N5OS. The van der Waals surface area contributed by atoms with E-state index in [4.69, 9.17) is 0 Å². The van der Waals surface area contributed by atoms with Gasteiger partial charge >= 0.3 is 6.18 Å². The first-order chi connectivity index (χ1) is 13.3. The average molecular weight is 413 g/mol. The lowest BCUT2D eigenvalue weighted by Crippen LogP contribution is -2.42. The Hall–Kier alpha value is -2.20. The van der Waals surface area contributed by atoms with E-state index in [-0.39, 0.29) is 16.7 Å². The summed E-state index contributed by atoms with van der Waals surface area (Å²) in [6.07, 6.45) is -2.32. The molecule has 1 saturated heterocycles. The molecule has 0 aliphatic carbocycles. The third-order valence-electron chi connectivity index (χ3n) is 4.53. The summed E-state index contributed by atoms with van der Waals surface area (Å²) in [5.41, 5.74) is 0.915. The summed E-state index contributed by atoms with van der Waals surface area (Å²) in [5, 5.41) is 6.25. The van der Waals surface area contributed by atoms with Gasteiger partial charge in [0, 0.05) is 35.8 Å². The third kappa shape index (κ3) is 5.65. The normalized spacial score (nSPS) is 15.6. The van der Waals surface area contributed by atoms with E-state index in [1.807, 2.05) is 17.0 Å². The molecule has 0 saturated carbocycles. The fourth-order valence-electron chi connectivity index (χ4n) is 3.19. The van der Waals surface area contributed by atoms with Crippen LogP contribution in [0, 0.1) is 0 Å². The number of carbonyl (C=O) groups excluding carboxylic acids is 1. The number of aromatic nitrogens is 2. The van der Waals surface area contributed by atoms with Crippen LogP contribution in [-0.2, 0) is 11.2 Å². The number of likely N-dealkylation sites (tertiary alicyclic amines) is 1. The summed E-state index contributed by atoms with van der Waals surface area (Å²) in [7, 11) is 1.75. The smallest absolute Gasteiger partial charge is 0.342 e. The summed E-state index contributed by atoms with van der Waals surface area (Å²) in [6.45, 7) is 1.72. The van der Waals surface area contributed by atoms with E-state index in [0.29, 0.717) is 30.6 Å². The Balaban J connectivity index is 1.60. The summed E-state index contributed by atoms with van der Waals surface area (Å²) < 4.78 is 37.4. The van der Waals surface area contributed by atoms with Gasteiger partial charge in [-0.3, -0.25) is 4.79 Å². The lowest BCUT2D eigenvalue weighted by molar-refractivity contribution is -0.131. The number of hydrogen-bond donors (Lipinski definition) is 2. The number of pyridine rings is 1. The molecule has 2 aromatic heterocycles. The summed E-state index contributed by atoms with van der Waals surface area (Å²) >= 11 is 0.972. The largest absolute Gasteiger partial charge is 0.393 e. The molecule has 152 valence electrons. The fourth-order valence-corrected chi connectivity index (χ4v) is 4.04. The van der Waals surface area contributed by atoms with Crippen LogP contribution in [0.2, 0.25) is 0 Å². The zero-order valence-electron chi connectivity index (χ0n) is 15.4. The number of nitrogens with one attached hydrogen (secondary N) is 2. The van der Waals surface area contributed by atoms with E-state index < -0.39 is 12.6 Å². The summed E-state index contributed by atoms with van der Waals surface area (Å²) in [4.78, 5) is 22.6. The highest BCUT2D eigenvalue weighted by atomic mass is 32.1. The molecule has 1 aliphatic heterocycles. The number of hydrogen-bond acceptors (Lipinski definition) is 6. The van der Waals surface area contributed by atoms with Crippen LogP contribution in [0.15, 0.2) is 24.4 Å². The number of likely N-dealkylation sites (N-methyl/N-ethyl adjacent to an activating group) is 1. The van der Waals surface area contributed by atoms with Crippen LogP contribution in [0.1, 0.15) is 29.3 Å². The van der Waals surface area contributed by atoms with Crippen LogP contribution in [0.3, 0.4) is 0 Å². The standard InChI is InChI=1S/C18H22F3N5OS/c1-22-11-16(27)26-7-5-12(6-8-26)14-3-2-4-15(24-14)25-17-23-10-13(28-17)9-18(19,20)21/h2-4,10,12,22H,5-9,11H2,1H3,(H,23,24,25). The molecule has 0 atom stereocenters. The van der Waals surface area contributed by atoms with E-state index in [1.54, 1.807) is 13.1 Å². The molecule has 0 unspecified atom stereocenters. The molecule has 3 heterocycles. The van der Waals surface area contributed by atoms with Crippen LogP contribution in [0.25, 0.3) is 0 Å². The minimum Gasteiger partial charge on any atom is -0.342 e. The molecule has 2 N–H and O–H groups in total. The average Bonchev–Trinajstić information content (AvgIpc) is 3.07. The highest BCUT2D eigenvalue weighted by molar-refractivity contribution is 7.15. The zero-order chi connectivity index (χ0) is 20.1. The van der Waals surface area contributed by atoms with E-state index >= 15 is 0 Å². The Labute approximate surface area is 165 Å². The predicted molar refractivity (Wildman–Crippen MR) is 102 cm³/mol.